The number of rotatable bonds is 7. The van der Waals surface area contributed by atoms with Gasteiger partial charge in [0.15, 0.2) is 5.78 Å². The molecule has 2 aliphatic heterocycles. The number of amides is 4. The molecule has 0 unspecified atom stereocenters. The molecule has 1 aromatic carbocycles. The Kier molecular flexibility index (Phi) is 7.81. The molecule has 1 saturated heterocycles. The van der Waals surface area contributed by atoms with Crippen LogP contribution in [0.25, 0.3) is 0 Å². The first-order valence-corrected chi connectivity index (χ1v) is 11.3. The van der Waals surface area contributed by atoms with Crippen LogP contribution in [0.3, 0.4) is 0 Å². The highest BCUT2D eigenvalue weighted by atomic mass is 16.5. The Bertz CT molecular complexity index is 1060. The number of aryl methyl sites for hydroxylation is 1. The smallest absolute Gasteiger partial charge is 0.526 e. The number of benzene rings is 1. The molecule has 0 radical (unpaired) electrons. The molecule has 3 atom stereocenters. The van der Waals surface area contributed by atoms with Crippen molar-refractivity contribution in [2.45, 2.75) is 51.6 Å². The number of hydrogen-bond donors (Lipinski definition) is 4. The highest BCUT2D eigenvalue weighted by Gasteiger charge is 2.41. The molecule has 0 aliphatic carbocycles. The molecule has 4 amide bonds. The van der Waals surface area contributed by atoms with Crippen LogP contribution >= 0.6 is 0 Å². The number of imide groups is 1. The number of aliphatic hydroxyl groups is 1. The van der Waals surface area contributed by atoms with Crippen molar-refractivity contribution < 1.29 is 43.9 Å². The van der Waals surface area contributed by atoms with Crippen LogP contribution in [0.1, 0.15) is 41.8 Å². The van der Waals surface area contributed by atoms with E-state index in [1.165, 1.54) is 11.8 Å². The molecule has 0 aromatic heterocycles. The molecular weight excluding hydrogens is 461 g/mol. The average Bonchev–Trinajstić information content (AvgIpc) is 2.79. The van der Waals surface area contributed by atoms with E-state index in [0.717, 1.165) is 0 Å². The fourth-order valence-electron chi connectivity index (χ4n) is 4.30. The lowest BCUT2D eigenvalue weighted by molar-refractivity contribution is -0.153. The van der Waals surface area contributed by atoms with E-state index in [9.17, 15) is 39.2 Å². The number of Topliss-reactive ketones (excluding diaryl/α,β-unsaturated/α-hetero) is 1. The summed E-state index contributed by atoms with van der Waals surface area (Å²) >= 11 is 0. The van der Waals surface area contributed by atoms with Crippen LogP contribution in [0.15, 0.2) is 12.1 Å². The van der Waals surface area contributed by atoms with E-state index in [2.05, 4.69) is 5.32 Å². The van der Waals surface area contributed by atoms with E-state index >= 15 is 0 Å². The summed E-state index contributed by atoms with van der Waals surface area (Å²) in [5.41, 5.74) is 0.900. The van der Waals surface area contributed by atoms with Crippen molar-refractivity contribution in [1.29, 1.82) is 0 Å². The van der Waals surface area contributed by atoms with Gasteiger partial charge in [0.2, 0.25) is 0 Å². The van der Waals surface area contributed by atoms with Gasteiger partial charge in [-0.2, -0.15) is 0 Å². The van der Waals surface area contributed by atoms with Gasteiger partial charge in [-0.25, -0.2) is 9.59 Å². The van der Waals surface area contributed by atoms with Crippen LogP contribution in [0.2, 0.25) is 5.82 Å². The van der Waals surface area contributed by atoms with Crippen LogP contribution in [-0.4, -0.2) is 93.5 Å². The normalized spacial score (nSPS) is 19.6. The Hall–Kier alpha value is -3.45. The lowest BCUT2D eigenvalue weighted by atomic mass is 9.64. The average molecular weight is 489 g/mol. The first-order valence-electron chi connectivity index (χ1n) is 11.3. The lowest BCUT2D eigenvalue weighted by Crippen LogP contribution is -2.61. The summed E-state index contributed by atoms with van der Waals surface area (Å²) in [7, 11) is -1.49. The van der Waals surface area contributed by atoms with Gasteiger partial charge in [-0.15, -0.1) is 0 Å². The van der Waals surface area contributed by atoms with Crippen molar-refractivity contribution >= 4 is 36.7 Å². The summed E-state index contributed by atoms with van der Waals surface area (Å²) in [4.78, 5) is 63.6. The minimum atomic E-state index is -1.49. The number of carboxylic acid groups (broad SMARTS) is 1. The number of ketones is 1. The third-order valence-electron chi connectivity index (χ3n) is 6.29. The molecule has 2 aliphatic rings. The van der Waals surface area contributed by atoms with Crippen LogP contribution in [0.4, 0.5) is 4.79 Å². The van der Waals surface area contributed by atoms with Crippen LogP contribution in [0, 0.1) is 6.92 Å². The van der Waals surface area contributed by atoms with E-state index in [4.69, 9.17) is 4.65 Å². The second-order valence-corrected chi connectivity index (χ2v) is 8.70. The molecular formula is C22H28BN3O9. The summed E-state index contributed by atoms with van der Waals surface area (Å²) in [6.07, 6.45) is -1.50. The second kappa shape index (κ2) is 10.4. The third-order valence-corrected chi connectivity index (χ3v) is 6.29. The summed E-state index contributed by atoms with van der Waals surface area (Å²) in [5.74, 6) is -4.40. The van der Waals surface area contributed by atoms with E-state index in [0.29, 0.717) is 22.6 Å². The standard InChI is InChI=1S/C22H28BN3O9/c1-4-25-7-8-26(20(30)19(25)29)22(33)24-17(12(3)27)15(28)10-14-9-13-6-5-11(2)16(21(31)32)18(13)35-23(14)34/h5-6,12,14,17,27,34H,4,7-10H2,1-3H3,(H,24,33)(H,31,32)/t12-,14-,17-/m1/s1. The zero-order chi connectivity index (χ0) is 26.0. The van der Waals surface area contributed by atoms with Gasteiger partial charge in [-0.1, -0.05) is 12.1 Å². The molecule has 2 heterocycles. The number of fused-ring (bicyclic) bond motifs is 1. The quantitative estimate of drug-likeness (QED) is 0.293. The van der Waals surface area contributed by atoms with Gasteiger partial charge in [0.25, 0.3) is 0 Å². The molecule has 0 saturated carbocycles. The van der Waals surface area contributed by atoms with E-state index in [1.54, 1.807) is 26.0 Å². The number of nitrogens with zero attached hydrogens (tertiary/aromatic N) is 2. The zero-order valence-electron chi connectivity index (χ0n) is 19.7. The maximum atomic E-state index is 13.0. The highest BCUT2D eigenvalue weighted by Crippen LogP contribution is 2.37. The lowest BCUT2D eigenvalue weighted by Gasteiger charge is -2.33. The first-order chi connectivity index (χ1) is 16.5. The Morgan fingerprint density at radius 3 is 2.51 bits per heavy atom. The molecule has 13 heteroatoms. The van der Waals surface area contributed by atoms with Crippen LogP contribution in [0.5, 0.6) is 5.75 Å². The second-order valence-electron chi connectivity index (χ2n) is 8.70. The SMILES string of the molecule is CCN1CCN(C(=O)N[C@@H](C(=O)C[C@H]2Cc3ccc(C)c(C(=O)O)c3OB2O)[C@@H](C)O)C(=O)C1=O. The van der Waals surface area contributed by atoms with Crippen molar-refractivity contribution in [3.8, 4) is 5.75 Å². The predicted molar refractivity (Wildman–Crippen MR) is 122 cm³/mol. The van der Waals surface area contributed by atoms with Gasteiger partial charge in [-0.05, 0) is 38.3 Å². The Morgan fingerprint density at radius 2 is 1.91 bits per heavy atom. The maximum Gasteiger partial charge on any atom is 0.526 e. The number of carbonyl (C=O) groups is 5. The number of piperazine rings is 1. The first kappa shape index (κ1) is 26.2. The third kappa shape index (κ3) is 5.30. The van der Waals surface area contributed by atoms with Crippen molar-refractivity contribution in [3.63, 3.8) is 0 Å². The van der Waals surface area contributed by atoms with Gasteiger partial charge in [0.1, 0.15) is 17.4 Å². The van der Waals surface area contributed by atoms with Crippen molar-refractivity contribution in [3.05, 3.63) is 28.8 Å². The summed E-state index contributed by atoms with van der Waals surface area (Å²) in [6.45, 7) is 5.01. The Morgan fingerprint density at radius 1 is 1.23 bits per heavy atom. The molecule has 4 N–H and O–H groups in total. The Balaban J connectivity index is 1.71. The molecule has 0 bridgehead atoms. The van der Waals surface area contributed by atoms with Gasteiger partial charge >= 0.3 is 30.9 Å². The number of aromatic carboxylic acids is 1. The topological polar surface area (TPSA) is 174 Å². The van der Waals surface area contributed by atoms with Gasteiger partial charge in [-0.3, -0.25) is 19.3 Å². The maximum absolute atomic E-state index is 13.0. The fraction of sp³-hybridized carbons (Fsp3) is 0.500. The van der Waals surface area contributed by atoms with Crippen LogP contribution in [-0.2, 0) is 20.8 Å². The van der Waals surface area contributed by atoms with Crippen LogP contribution < -0.4 is 9.97 Å². The monoisotopic (exact) mass is 489 g/mol. The fourth-order valence-corrected chi connectivity index (χ4v) is 4.30. The predicted octanol–water partition coefficient (Wildman–Crippen LogP) is -0.412. The Labute approximate surface area is 202 Å². The molecule has 188 valence electrons. The molecule has 1 fully saturated rings. The zero-order valence-corrected chi connectivity index (χ0v) is 19.7. The highest BCUT2D eigenvalue weighted by molar-refractivity contribution is 6.47. The molecule has 35 heavy (non-hydrogen) atoms. The number of hydrogen-bond acceptors (Lipinski definition) is 8. The number of likely N-dealkylation sites (N-methyl/N-ethyl adjacent to an activating group) is 1. The molecule has 1 aromatic rings. The van der Waals surface area contributed by atoms with Crippen molar-refractivity contribution in [2.75, 3.05) is 19.6 Å². The minimum absolute atomic E-state index is 0.0449. The molecule has 12 nitrogen and oxygen atoms in total. The summed E-state index contributed by atoms with van der Waals surface area (Å²) < 4.78 is 5.46. The largest absolute Gasteiger partial charge is 0.535 e. The van der Waals surface area contributed by atoms with Crippen molar-refractivity contribution in [1.82, 2.24) is 15.1 Å². The molecule has 0 spiro atoms. The van der Waals surface area contributed by atoms with E-state index < -0.39 is 54.7 Å². The number of carboxylic acids is 1. The summed E-state index contributed by atoms with van der Waals surface area (Å²) in [6, 6.07) is 0.881. The number of aliphatic hydroxyl groups excluding tert-OH is 1. The van der Waals surface area contributed by atoms with E-state index in [1.807, 2.05) is 0 Å². The molecule has 3 rings (SSSR count). The van der Waals surface area contributed by atoms with E-state index in [-0.39, 0.29) is 37.2 Å². The van der Waals surface area contributed by atoms with Gasteiger partial charge < -0.3 is 30.1 Å². The number of nitrogens with one attached hydrogen (secondary N) is 1. The van der Waals surface area contributed by atoms with Gasteiger partial charge in [0.05, 0.1) is 6.10 Å². The summed E-state index contributed by atoms with van der Waals surface area (Å²) in [5, 5.41) is 32.4. The van der Waals surface area contributed by atoms with Crippen molar-refractivity contribution in [2.24, 2.45) is 0 Å². The van der Waals surface area contributed by atoms with Gasteiger partial charge in [0, 0.05) is 31.9 Å². The number of carbonyl (C=O) groups excluding carboxylic acids is 4. The minimum Gasteiger partial charge on any atom is -0.535 e. The number of urea groups is 1.